The van der Waals surface area contributed by atoms with Gasteiger partial charge in [-0.1, -0.05) is 30.3 Å². The Kier molecular flexibility index (Phi) is 2.61. The molecule has 0 bridgehead atoms. The highest BCUT2D eigenvalue weighted by Gasteiger charge is 2.32. The SMILES string of the molecule is CC1(C)CC(=O)C[C@@H](c2ccccc2)N1. The highest BCUT2D eigenvalue weighted by atomic mass is 16.1. The summed E-state index contributed by atoms with van der Waals surface area (Å²) in [7, 11) is 0. The first-order valence-electron chi connectivity index (χ1n) is 5.41. The first kappa shape index (κ1) is 10.4. The zero-order valence-electron chi connectivity index (χ0n) is 9.29. The maximum absolute atomic E-state index is 11.6. The average molecular weight is 203 g/mol. The van der Waals surface area contributed by atoms with Crippen molar-refractivity contribution in [1.82, 2.24) is 5.32 Å². The van der Waals surface area contributed by atoms with Crippen LogP contribution >= 0.6 is 0 Å². The van der Waals surface area contributed by atoms with Crippen LogP contribution in [0, 0.1) is 0 Å². The number of carbonyl (C=O) groups is 1. The number of nitrogens with one attached hydrogen (secondary N) is 1. The Balaban J connectivity index is 2.20. The molecule has 1 aromatic rings. The number of hydrogen-bond acceptors (Lipinski definition) is 2. The van der Waals surface area contributed by atoms with E-state index in [1.807, 2.05) is 18.2 Å². The largest absolute Gasteiger partial charge is 0.304 e. The number of ketones is 1. The van der Waals surface area contributed by atoms with Gasteiger partial charge >= 0.3 is 0 Å². The normalized spacial score (nSPS) is 25.2. The first-order chi connectivity index (χ1) is 7.07. The van der Waals surface area contributed by atoms with Crippen LogP contribution in [0.25, 0.3) is 0 Å². The molecule has 1 saturated heterocycles. The van der Waals surface area contributed by atoms with Crippen LogP contribution in [-0.4, -0.2) is 11.3 Å². The fourth-order valence-electron chi connectivity index (χ4n) is 2.25. The number of piperidine rings is 1. The Morgan fingerprint density at radius 3 is 2.53 bits per heavy atom. The van der Waals surface area contributed by atoms with Gasteiger partial charge in [0.15, 0.2) is 0 Å². The summed E-state index contributed by atoms with van der Waals surface area (Å²) in [5, 5.41) is 3.52. The van der Waals surface area contributed by atoms with Crippen LogP contribution in [0.4, 0.5) is 0 Å². The minimum atomic E-state index is -0.0736. The summed E-state index contributed by atoms with van der Waals surface area (Å²) in [5.41, 5.74) is 1.13. The smallest absolute Gasteiger partial charge is 0.136 e. The molecule has 2 nitrogen and oxygen atoms in total. The summed E-state index contributed by atoms with van der Waals surface area (Å²) in [6, 6.07) is 10.4. The van der Waals surface area contributed by atoms with Crippen molar-refractivity contribution >= 4 is 5.78 Å². The molecule has 2 heteroatoms. The number of benzene rings is 1. The van der Waals surface area contributed by atoms with Gasteiger partial charge in [-0.3, -0.25) is 4.79 Å². The van der Waals surface area contributed by atoms with Crippen LogP contribution in [0.5, 0.6) is 0 Å². The second-order valence-corrected chi connectivity index (χ2v) is 4.91. The summed E-state index contributed by atoms with van der Waals surface area (Å²) in [5.74, 6) is 0.354. The quantitative estimate of drug-likeness (QED) is 0.759. The predicted molar refractivity (Wildman–Crippen MR) is 60.6 cm³/mol. The molecular weight excluding hydrogens is 186 g/mol. The summed E-state index contributed by atoms with van der Waals surface area (Å²) >= 11 is 0. The van der Waals surface area contributed by atoms with E-state index in [9.17, 15) is 4.79 Å². The van der Waals surface area contributed by atoms with Gasteiger partial charge in [0.2, 0.25) is 0 Å². The molecule has 0 spiro atoms. The minimum Gasteiger partial charge on any atom is -0.304 e. The average Bonchev–Trinajstić information content (AvgIpc) is 2.16. The molecule has 0 unspecified atom stereocenters. The fraction of sp³-hybridized carbons (Fsp3) is 0.462. The Morgan fingerprint density at radius 2 is 1.93 bits per heavy atom. The molecule has 15 heavy (non-hydrogen) atoms. The third kappa shape index (κ3) is 2.45. The number of hydrogen-bond donors (Lipinski definition) is 1. The molecule has 80 valence electrons. The van der Waals surface area contributed by atoms with Crippen LogP contribution < -0.4 is 5.32 Å². The molecule has 1 aliphatic heterocycles. The second kappa shape index (κ2) is 3.78. The zero-order chi connectivity index (χ0) is 10.9. The highest BCUT2D eigenvalue weighted by molar-refractivity contribution is 5.81. The van der Waals surface area contributed by atoms with Crippen molar-refractivity contribution in [3.05, 3.63) is 35.9 Å². The molecule has 0 aromatic heterocycles. The standard InChI is InChI=1S/C13H17NO/c1-13(2)9-11(15)8-12(14-13)10-6-4-3-5-7-10/h3-7,12,14H,8-9H2,1-2H3/t12-/m0/s1. The lowest BCUT2D eigenvalue weighted by Gasteiger charge is -2.36. The summed E-state index contributed by atoms with van der Waals surface area (Å²) in [6.07, 6.45) is 1.25. The topological polar surface area (TPSA) is 29.1 Å². The van der Waals surface area contributed by atoms with Crippen molar-refractivity contribution < 1.29 is 4.79 Å². The summed E-state index contributed by atoms with van der Waals surface area (Å²) in [6.45, 7) is 4.17. The number of Topliss-reactive ketones (excluding diaryl/α,β-unsaturated/α-hetero) is 1. The molecular formula is C13H17NO. The van der Waals surface area contributed by atoms with Crippen LogP contribution in [0.1, 0.15) is 38.3 Å². The van der Waals surface area contributed by atoms with Crippen LogP contribution in [0.3, 0.4) is 0 Å². The zero-order valence-corrected chi connectivity index (χ0v) is 9.29. The van der Waals surface area contributed by atoms with Crippen molar-refractivity contribution in [2.24, 2.45) is 0 Å². The lowest BCUT2D eigenvalue weighted by Crippen LogP contribution is -2.48. The van der Waals surface area contributed by atoms with Crippen LogP contribution in [0.2, 0.25) is 0 Å². The highest BCUT2D eigenvalue weighted by Crippen LogP contribution is 2.28. The van der Waals surface area contributed by atoms with E-state index < -0.39 is 0 Å². The molecule has 1 heterocycles. The monoisotopic (exact) mass is 203 g/mol. The Labute approximate surface area is 90.7 Å². The van der Waals surface area contributed by atoms with Crippen molar-refractivity contribution in [2.45, 2.75) is 38.3 Å². The van der Waals surface area contributed by atoms with Crippen molar-refractivity contribution in [1.29, 1.82) is 0 Å². The van der Waals surface area contributed by atoms with E-state index >= 15 is 0 Å². The van der Waals surface area contributed by atoms with Gasteiger partial charge in [-0.15, -0.1) is 0 Å². The van der Waals surface area contributed by atoms with Gasteiger partial charge in [-0.05, 0) is 19.4 Å². The van der Waals surface area contributed by atoms with Gasteiger partial charge < -0.3 is 5.32 Å². The molecule has 1 aromatic carbocycles. The molecule has 0 amide bonds. The molecule has 1 fully saturated rings. The van der Waals surface area contributed by atoms with Crippen LogP contribution in [-0.2, 0) is 4.79 Å². The van der Waals surface area contributed by atoms with E-state index in [1.54, 1.807) is 0 Å². The molecule has 2 rings (SSSR count). The minimum absolute atomic E-state index is 0.0736. The van der Waals surface area contributed by atoms with Crippen molar-refractivity contribution in [3.63, 3.8) is 0 Å². The first-order valence-corrected chi connectivity index (χ1v) is 5.41. The Morgan fingerprint density at radius 1 is 1.27 bits per heavy atom. The molecule has 1 aliphatic rings. The van der Waals surface area contributed by atoms with Gasteiger partial charge in [-0.25, -0.2) is 0 Å². The lowest BCUT2D eigenvalue weighted by atomic mass is 9.86. The van der Waals surface area contributed by atoms with Gasteiger partial charge in [0.25, 0.3) is 0 Å². The van der Waals surface area contributed by atoms with E-state index in [-0.39, 0.29) is 11.6 Å². The molecule has 0 saturated carbocycles. The van der Waals surface area contributed by atoms with Gasteiger partial charge in [-0.2, -0.15) is 0 Å². The summed E-state index contributed by atoms with van der Waals surface area (Å²) < 4.78 is 0. The maximum atomic E-state index is 11.6. The van der Waals surface area contributed by atoms with E-state index in [0.29, 0.717) is 18.6 Å². The van der Waals surface area contributed by atoms with E-state index in [1.165, 1.54) is 5.56 Å². The third-order valence-electron chi connectivity index (χ3n) is 2.84. The Hall–Kier alpha value is -1.15. The summed E-state index contributed by atoms with van der Waals surface area (Å²) in [4.78, 5) is 11.6. The van der Waals surface area contributed by atoms with E-state index in [2.05, 4.69) is 31.3 Å². The van der Waals surface area contributed by atoms with Gasteiger partial charge in [0, 0.05) is 24.4 Å². The third-order valence-corrected chi connectivity index (χ3v) is 2.84. The Bertz CT molecular complexity index is 356. The second-order valence-electron chi connectivity index (χ2n) is 4.91. The lowest BCUT2D eigenvalue weighted by molar-refractivity contribution is -0.122. The van der Waals surface area contributed by atoms with Crippen LogP contribution in [0.15, 0.2) is 30.3 Å². The van der Waals surface area contributed by atoms with E-state index in [0.717, 1.165) is 0 Å². The maximum Gasteiger partial charge on any atom is 0.136 e. The van der Waals surface area contributed by atoms with Crippen molar-refractivity contribution in [2.75, 3.05) is 0 Å². The molecule has 0 aliphatic carbocycles. The molecule has 0 radical (unpaired) electrons. The number of rotatable bonds is 1. The predicted octanol–water partition coefficient (Wildman–Crippen LogP) is 2.46. The van der Waals surface area contributed by atoms with Gasteiger partial charge in [0.1, 0.15) is 5.78 Å². The van der Waals surface area contributed by atoms with Gasteiger partial charge in [0.05, 0.1) is 0 Å². The van der Waals surface area contributed by atoms with E-state index in [4.69, 9.17) is 0 Å². The number of carbonyl (C=O) groups excluding carboxylic acids is 1. The van der Waals surface area contributed by atoms with Crippen molar-refractivity contribution in [3.8, 4) is 0 Å². The molecule has 1 N–H and O–H groups in total. The molecule has 1 atom stereocenters. The fourth-order valence-corrected chi connectivity index (χ4v) is 2.25.